The molecule has 1 aromatic heterocycles. The molecule has 1 aliphatic heterocycles. The number of hydrogen-bond acceptors (Lipinski definition) is 4. The lowest BCUT2D eigenvalue weighted by Crippen LogP contribution is -2.36. The van der Waals surface area contributed by atoms with Gasteiger partial charge in [0.15, 0.2) is 0 Å². The molecule has 0 radical (unpaired) electrons. The Bertz CT molecular complexity index is 318. The van der Waals surface area contributed by atoms with Crippen molar-refractivity contribution in [3.05, 3.63) is 16.3 Å². The highest BCUT2D eigenvalue weighted by atomic mass is 32.1. The zero-order chi connectivity index (χ0) is 10.7. The van der Waals surface area contributed by atoms with E-state index in [4.69, 9.17) is 10.5 Å². The molecule has 1 aromatic rings. The third-order valence-electron chi connectivity index (χ3n) is 2.86. The Balaban J connectivity index is 1.77. The predicted octanol–water partition coefficient (Wildman–Crippen LogP) is 1.99. The largest absolute Gasteiger partial charge is 0.398 e. The van der Waals surface area contributed by atoms with Gasteiger partial charge >= 0.3 is 0 Å². The van der Waals surface area contributed by atoms with Gasteiger partial charge in [0, 0.05) is 30.3 Å². The molecule has 1 unspecified atom stereocenters. The van der Waals surface area contributed by atoms with Gasteiger partial charge in [-0.15, -0.1) is 11.3 Å². The van der Waals surface area contributed by atoms with Crippen LogP contribution in [0.3, 0.4) is 0 Å². The Kier molecular flexibility index (Phi) is 3.29. The molecule has 0 saturated carbocycles. The van der Waals surface area contributed by atoms with Crippen LogP contribution in [0.5, 0.6) is 0 Å². The van der Waals surface area contributed by atoms with Crippen molar-refractivity contribution in [3.8, 4) is 0 Å². The van der Waals surface area contributed by atoms with E-state index in [-0.39, 0.29) is 5.60 Å². The molecule has 1 aliphatic rings. The molecule has 1 saturated heterocycles. The highest BCUT2D eigenvalue weighted by Gasteiger charge is 2.28. The molecule has 0 bridgehead atoms. The van der Waals surface area contributed by atoms with Gasteiger partial charge in [-0.05, 0) is 31.2 Å². The lowest BCUT2D eigenvalue weighted by Gasteiger charge is -2.23. The zero-order valence-corrected chi connectivity index (χ0v) is 9.90. The summed E-state index contributed by atoms with van der Waals surface area (Å²) in [5.41, 5.74) is 6.73. The lowest BCUT2D eigenvalue weighted by atomic mass is 10.0. The third kappa shape index (κ3) is 2.71. The molecule has 15 heavy (non-hydrogen) atoms. The molecule has 84 valence electrons. The van der Waals surface area contributed by atoms with Crippen LogP contribution in [-0.2, 0) is 11.3 Å². The van der Waals surface area contributed by atoms with Crippen molar-refractivity contribution >= 4 is 17.0 Å². The molecule has 0 amide bonds. The summed E-state index contributed by atoms with van der Waals surface area (Å²) >= 11 is 1.70. The average molecular weight is 226 g/mol. The topological polar surface area (TPSA) is 47.3 Å². The van der Waals surface area contributed by atoms with E-state index in [9.17, 15) is 0 Å². The van der Waals surface area contributed by atoms with Crippen LogP contribution in [-0.4, -0.2) is 18.8 Å². The molecular formula is C11H18N2OS. The summed E-state index contributed by atoms with van der Waals surface area (Å²) in [6.07, 6.45) is 2.33. The summed E-state index contributed by atoms with van der Waals surface area (Å²) in [7, 11) is 0. The number of nitrogens with two attached hydrogens (primary N) is 1. The summed E-state index contributed by atoms with van der Waals surface area (Å²) < 4.78 is 5.70. The first-order chi connectivity index (χ1) is 7.20. The van der Waals surface area contributed by atoms with Gasteiger partial charge in [-0.1, -0.05) is 0 Å². The summed E-state index contributed by atoms with van der Waals surface area (Å²) in [5.74, 6) is 0. The van der Waals surface area contributed by atoms with Crippen LogP contribution in [0, 0.1) is 0 Å². The van der Waals surface area contributed by atoms with E-state index in [2.05, 4.69) is 12.2 Å². The van der Waals surface area contributed by atoms with Crippen LogP contribution in [0.4, 0.5) is 5.69 Å². The molecule has 2 rings (SSSR count). The Morgan fingerprint density at radius 3 is 3.13 bits per heavy atom. The van der Waals surface area contributed by atoms with Gasteiger partial charge in [0.05, 0.1) is 5.60 Å². The number of nitrogen functional groups attached to an aromatic ring is 1. The van der Waals surface area contributed by atoms with Gasteiger partial charge in [-0.3, -0.25) is 0 Å². The standard InChI is InChI=1S/C11H18N2OS/c1-11(4-2-5-14-11)8-13-7-10-9(12)3-6-15-10/h3,6,13H,2,4-5,7-8,12H2,1H3. The summed E-state index contributed by atoms with van der Waals surface area (Å²) in [4.78, 5) is 1.22. The van der Waals surface area contributed by atoms with E-state index in [0.717, 1.165) is 31.8 Å². The second-order valence-corrected chi connectivity index (χ2v) is 5.31. The van der Waals surface area contributed by atoms with Crippen molar-refractivity contribution < 1.29 is 4.74 Å². The predicted molar refractivity (Wildman–Crippen MR) is 64.0 cm³/mol. The van der Waals surface area contributed by atoms with E-state index in [1.165, 1.54) is 11.3 Å². The number of nitrogens with one attached hydrogen (secondary N) is 1. The second-order valence-electron chi connectivity index (χ2n) is 4.30. The third-order valence-corrected chi connectivity index (χ3v) is 3.80. The van der Waals surface area contributed by atoms with Gasteiger partial charge in [-0.25, -0.2) is 0 Å². The summed E-state index contributed by atoms with van der Waals surface area (Å²) in [6.45, 7) is 4.83. The lowest BCUT2D eigenvalue weighted by molar-refractivity contribution is 0.0207. The van der Waals surface area contributed by atoms with Crippen molar-refractivity contribution in [2.45, 2.75) is 31.9 Å². The van der Waals surface area contributed by atoms with E-state index in [1.54, 1.807) is 11.3 Å². The number of ether oxygens (including phenoxy) is 1. The zero-order valence-electron chi connectivity index (χ0n) is 9.08. The molecule has 4 heteroatoms. The number of rotatable bonds is 4. The highest BCUT2D eigenvalue weighted by molar-refractivity contribution is 7.10. The first-order valence-electron chi connectivity index (χ1n) is 5.36. The normalized spacial score (nSPS) is 25.9. The fourth-order valence-electron chi connectivity index (χ4n) is 1.91. The van der Waals surface area contributed by atoms with Crippen LogP contribution >= 0.6 is 11.3 Å². The van der Waals surface area contributed by atoms with E-state index < -0.39 is 0 Å². The van der Waals surface area contributed by atoms with Crippen LogP contribution in [0.25, 0.3) is 0 Å². The average Bonchev–Trinajstić information content (AvgIpc) is 2.78. The maximum absolute atomic E-state index is 5.81. The first kappa shape index (κ1) is 10.9. The van der Waals surface area contributed by atoms with Crippen molar-refractivity contribution in [3.63, 3.8) is 0 Å². The molecular weight excluding hydrogens is 208 g/mol. The highest BCUT2D eigenvalue weighted by Crippen LogP contribution is 2.24. The Labute approximate surface area is 94.6 Å². The number of thiophene rings is 1. The van der Waals surface area contributed by atoms with Gasteiger partial charge in [0.1, 0.15) is 0 Å². The van der Waals surface area contributed by atoms with Crippen LogP contribution in [0.15, 0.2) is 11.4 Å². The van der Waals surface area contributed by atoms with Gasteiger partial charge < -0.3 is 15.8 Å². The molecule has 0 spiro atoms. The maximum Gasteiger partial charge on any atom is 0.0779 e. The maximum atomic E-state index is 5.81. The van der Waals surface area contributed by atoms with E-state index in [0.29, 0.717) is 0 Å². The van der Waals surface area contributed by atoms with E-state index in [1.807, 2.05) is 11.4 Å². The Hall–Kier alpha value is -0.580. The molecule has 3 N–H and O–H groups in total. The monoisotopic (exact) mass is 226 g/mol. The molecule has 3 nitrogen and oxygen atoms in total. The minimum Gasteiger partial charge on any atom is -0.398 e. The van der Waals surface area contributed by atoms with Crippen molar-refractivity contribution in [2.75, 3.05) is 18.9 Å². The smallest absolute Gasteiger partial charge is 0.0779 e. The fourth-order valence-corrected chi connectivity index (χ4v) is 2.68. The molecule has 0 aromatic carbocycles. The molecule has 0 aliphatic carbocycles. The van der Waals surface area contributed by atoms with Gasteiger partial charge in [-0.2, -0.15) is 0 Å². The van der Waals surface area contributed by atoms with Crippen molar-refractivity contribution in [1.82, 2.24) is 5.32 Å². The minimum absolute atomic E-state index is 0.0338. The Morgan fingerprint density at radius 1 is 1.67 bits per heavy atom. The second kappa shape index (κ2) is 4.51. The number of anilines is 1. The van der Waals surface area contributed by atoms with E-state index >= 15 is 0 Å². The summed E-state index contributed by atoms with van der Waals surface area (Å²) in [6, 6.07) is 1.95. The molecule has 2 heterocycles. The minimum atomic E-state index is 0.0338. The van der Waals surface area contributed by atoms with Crippen molar-refractivity contribution in [1.29, 1.82) is 0 Å². The molecule has 1 atom stereocenters. The van der Waals surface area contributed by atoms with Gasteiger partial charge in [0.25, 0.3) is 0 Å². The Morgan fingerprint density at radius 2 is 2.53 bits per heavy atom. The quantitative estimate of drug-likeness (QED) is 0.825. The summed E-state index contributed by atoms with van der Waals surface area (Å²) in [5, 5.41) is 5.44. The number of hydrogen-bond donors (Lipinski definition) is 2. The SMILES string of the molecule is CC1(CNCc2sccc2N)CCCO1. The van der Waals surface area contributed by atoms with Crippen LogP contribution in [0.2, 0.25) is 0 Å². The van der Waals surface area contributed by atoms with Crippen LogP contribution in [0.1, 0.15) is 24.6 Å². The van der Waals surface area contributed by atoms with Crippen molar-refractivity contribution in [2.24, 2.45) is 0 Å². The molecule has 1 fully saturated rings. The van der Waals surface area contributed by atoms with Gasteiger partial charge in [0.2, 0.25) is 0 Å². The van der Waals surface area contributed by atoms with Crippen LogP contribution < -0.4 is 11.1 Å². The fraction of sp³-hybridized carbons (Fsp3) is 0.636. The first-order valence-corrected chi connectivity index (χ1v) is 6.24.